The third kappa shape index (κ3) is 4.82. The van der Waals surface area contributed by atoms with Crippen LogP contribution in [-0.2, 0) is 16.3 Å². The van der Waals surface area contributed by atoms with Gasteiger partial charge < -0.3 is 5.32 Å². The molecule has 114 valence electrons. The standard InChI is InChI=1S/C14H24N2O2S2/c1-14(2,3)16-9-12(8-13-15-5-6-19-13)11-4-7-20(17,18)10-11/h5-6,11-12,16H,4,7-10H2,1-3H3. The zero-order valence-electron chi connectivity index (χ0n) is 12.4. The van der Waals surface area contributed by atoms with Crippen molar-refractivity contribution in [3.63, 3.8) is 0 Å². The van der Waals surface area contributed by atoms with E-state index in [4.69, 9.17) is 0 Å². The zero-order valence-corrected chi connectivity index (χ0v) is 14.1. The van der Waals surface area contributed by atoms with Crippen molar-refractivity contribution >= 4 is 21.2 Å². The van der Waals surface area contributed by atoms with Crippen LogP contribution in [-0.4, -0.2) is 37.0 Å². The monoisotopic (exact) mass is 316 g/mol. The molecule has 0 amide bonds. The molecule has 0 aromatic carbocycles. The lowest BCUT2D eigenvalue weighted by Gasteiger charge is -2.28. The van der Waals surface area contributed by atoms with E-state index in [1.807, 2.05) is 11.6 Å². The lowest BCUT2D eigenvalue weighted by molar-refractivity contribution is 0.301. The van der Waals surface area contributed by atoms with E-state index in [0.717, 1.165) is 24.4 Å². The Hall–Kier alpha value is -0.460. The molecule has 1 aliphatic heterocycles. The molecule has 1 fully saturated rings. The Balaban J connectivity index is 2.03. The average molecular weight is 316 g/mol. The number of rotatable bonds is 5. The molecule has 2 unspecified atom stereocenters. The van der Waals surface area contributed by atoms with Crippen molar-refractivity contribution in [3.05, 3.63) is 16.6 Å². The van der Waals surface area contributed by atoms with Crippen LogP contribution in [0.1, 0.15) is 32.2 Å². The summed E-state index contributed by atoms with van der Waals surface area (Å²) in [6, 6.07) is 0. The SMILES string of the molecule is CC(C)(C)NCC(Cc1nccs1)C1CCS(=O)(=O)C1. The second kappa shape index (κ2) is 6.12. The van der Waals surface area contributed by atoms with Crippen LogP contribution in [0.3, 0.4) is 0 Å². The molecule has 1 aliphatic rings. The van der Waals surface area contributed by atoms with Crippen molar-refractivity contribution in [2.75, 3.05) is 18.1 Å². The lowest BCUT2D eigenvalue weighted by Crippen LogP contribution is -2.41. The van der Waals surface area contributed by atoms with Crippen LogP contribution < -0.4 is 5.32 Å². The first kappa shape index (κ1) is 15.9. The molecular weight excluding hydrogens is 292 g/mol. The smallest absolute Gasteiger partial charge is 0.150 e. The number of hydrogen-bond acceptors (Lipinski definition) is 5. The van der Waals surface area contributed by atoms with Gasteiger partial charge in [-0.15, -0.1) is 11.3 Å². The minimum Gasteiger partial charge on any atom is -0.312 e. The molecular formula is C14H24N2O2S2. The fourth-order valence-electron chi connectivity index (χ4n) is 2.62. The van der Waals surface area contributed by atoms with Gasteiger partial charge in [0.05, 0.1) is 16.5 Å². The summed E-state index contributed by atoms with van der Waals surface area (Å²) in [5, 5.41) is 6.61. The van der Waals surface area contributed by atoms with Crippen LogP contribution in [0.5, 0.6) is 0 Å². The highest BCUT2D eigenvalue weighted by Gasteiger charge is 2.34. The molecule has 0 aliphatic carbocycles. The molecule has 20 heavy (non-hydrogen) atoms. The molecule has 1 N–H and O–H groups in total. The molecule has 0 radical (unpaired) electrons. The summed E-state index contributed by atoms with van der Waals surface area (Å²) in [6.07, 6.45) is 3.49. The average Bonchev–Trinajstić information content (AvgIpc) is 2.92. The van der Waals surface area contributed by atoms with Crippen LogP contribution in [0.15, 0.2) is 11.6 Å². The van der Waals surface area contributed by atoms with E-state index < -0.39 is 9.84 Å². The predicted octanol–water partition coefficient (Wildman–Crippen LogP) is 2.12. The maximum Gasteiger partial charge on any atom is 0.150 e. The summed E-state index contributed by atoms with van der Waals surface area (Å²) in [7, 11) is -2.82. The van der Waals surface area contributed by atoms with E-state index in [1.165, 1.54) is 0 Å². The van der Waals surface area contributed by atoms with Gasteiger partial charge in [0.1, 0.15) is 0 Å². The fraction of sp³-hybridized carbons (Fsp3) is 0.786. The second-order valence-corrected chi connectivity index (χ2v) is 9.89. The molecule has 6 heteroatoms. The molecule has 0 spiro atoms. The van der Waals surface area contributed by atoms with Gasteiger partial charge >= 0.3 is 0 Å². The lowest BCUT2D eigenvalue weighted by atomic mass is 9.88. The number of aromatic nitrogens is 1. The van der Waals surface area contributed by atoms with Gasteiger partial charge in [0.25, 0.3) is 0 Å². The summed E-state index contributed by atoms with van der Waals surface area (Å²) in [4.78, 5) is 4.35. The van der Waals surface area contributed by atoms with Gasteiger partial charge in [0.2, 0.25) is 0 Å². The maximum atomic E-state index is 11.7. The Morgan fingerprint density at radius 3 is 2.75 bits per heavy atom. The van der Waals surface area contributed by atoms with E-state index >= 15 is 0 Å². The molecule has 2 heterocycles. The van der Waals surface area contributed by atoms with Crippen LogP contribution >= 0.6 is 11.3 Å². The highest BCUT2D eigenvalue weighted by Crippen LogP contribution is 2.29. The second-order valence-electron chi connectivity index (χ2n) is 6.68. The largest absolute Gasteiger partial charge is 0.312 e. The Morgan fingerprint density at radius 2 is 2.25 bits per heavy atom. The van der Waals surface area contributed by atoms with Crippen LogP contribution in [0.25, 0.3) is 0 Å². The van der Waals surface area contributed by atoms with Crippen LogP contribution in [0.2, 0.25) is 0 Å². The van der Waals surface area contributed by atoms with E-state index in [2.05, 4.69) is 31.1 Å². The molecule has 1 saturated heterocycles. The van der Waals surface area contributed by atoms with Gasteiger partial charge in [-0.2, -0.15) is 0 Å². The molecule has 0 saturated carbocycles. The Morgan fingerprint density at radius 1 is 1.50 bits per heavy atom. The van der Waals surface area contributed by atoms with Crippen molar-refractivity contribution in [2.24, 2.45) is 11.8 Å². The topological polar surface area (TPSA) is 59.1 Å². The van der Waals surface area contributed by atoms with E-state index in [9.17, 15) is 8.42 Å². The third-order valence-corrected chi connectivity index (χ3v) is 6.34. The van der Waals surface area contributed by atoms with Gasteiger partial charge in [-0.3, -0.25) is 0 Å². The van der Waals surface area contributed by atoms with Gasteiger partial charge in [-0.1, -0.05) is 0 Å². The quantitative estimate of drug-likeness (QED) is 0.904. The van der Waals surface area contributed by atoms with Crippen molar-refractivity contribution < 1.29 is 8.42 Å². The van der Waals surface area contributed by atoms with Gasteiger partial charge in [-0.05, 0) is 45.6 Å². The number of sulfone groups is 1. The summed E-state index contributed by atoms with van der Waals surface area (Å²) in [6.45, 7) is 7.26. The summed E-state index contributed by atoms with van der Waals surface area (Å²) in [5.74, 6) is 1.30. The number of hydrogen-bond donors (Lipinski definition) is 1. The van der Waals surface area contributed by atoms with Crippen LogP contribution in [0, 0.1) is 11.8 Å². The summed E-state index contributed by atoms with van der Waals surface area (Å²) >= 11 is 1.65. The summed E-state index contributed by atoms with van der Waals surface area (Å²) in [5.41, 5.74) is 0.0542. The first-order chi connectivity index (χ1) is 9.25. The normalized spacial score (nSPS) is 23.9. The van der Waals surface area contributed by atoms with E-state index in [1.54, 1.807) is 11.3 Å². The molecule has 4 nitrogen and oxygen atoms in total. The predicted molar refractivity (Wildman–Crippen MR) is 83.8 cm³/mol. The van der Waals surface area contributed by atoms with Crippen molar-refractivity contribution in [2.45, 2.75) is 39.2 Å². The van der Waals surface area contributed by atoms with Gasteiger partial charge in [0, 0.05) is 23.5 Å². The molecule has 1 aromatic rings. The van der Waals surface area contributed by atoms with Crippen LogP contribution in [0.4, 0.5) is 0 Å². The Kier molecular flexibility index (Phi) is 4.87. The fourth-order valence-corrected chi connectivity index (χ4v) is 5.25. The highest BCUT2D eigenvalue weighted by molar-refractivity contribution is 7.91. The third-order valence-electron chi connectivity index (χ3n) is 3.75. The van der Waals surface area contributed by atoms with E-state index in [0.29, 0.717) is 17.4 Å². The minimum absolute atomic E-state index is 0.0542. The number of thiazole rings is 1. The van der Waals surface area contributed by atoms with Crippen molar-refractivity contribution in [3.8, 4) is 0 Å². The Labute approximate surface area is 125 Å². The molecule has 2 atom stereocenters. The zero-order chi connectivity index (χ0) is 14.8. The Bertz CT molecular complexity index is 518. The van der Waals surface area contributed by atoms with Gasteiger partial charge in [0.15, 0.2) is 9.84 Å². The van der Waals surface area contributed by atoms with E-state index in [-0.39, 0.29) is 11.5 Å². The maximum absolute atomic E-state index is 11.7. The molecule has 2 rings (SSSR count). The first-order valence-corrected chi connectivity index (χ1v) is 9.79. The highest BCUT2D eigenvalue weighted by atomic mass is 32.2. The minimum atomic E-state index is -2.82. The number of nitrogens with one attached hydrogen (secondary N) is 1. The summed E-state index contributed by atoms with van der Waals surface area (Å²) < 4.78 is 23.4. The number of nitrogens with zero attached hydrogens (tertiary/aromatic N) is 1. The first-order valence-electron chi connectivity index (χ1n) is 7.09. The van der Waals surface area contributed by atoms with Crippen molar-refractivity contribution in [1.82, 2.24) is 10.3 Å². The van der Waals surface area contributed by atoms with Gasteiger partial charge in [-0.25, -0.2) is 13.4 Å². The molecule has 1 aromatic heterocycles. The molecule has 0 bridgehead atoms. The van der Waals surface area contributed by atoms with Crippen molar-refractivity contribution in [1.29, 1.82) is 0 Å².